The average molecular weight is 302 g/mol. The van der Waals surface area contributed by atoms with E-state index in [0.717, 1.165) is 30.3 Å². The number of benzene rings is 2. The van der Waals surface area contributed by atoms with E-state index < -0.39 is 35.1 Å². The topological polar surface area (TPSA) is 26.3 Å². The van der Waals surface area contributed by atoms with Gasteiger partial charge in [-0.05, 0) is 24.3 Å². The maximum absolute atomic E-state index is 13.5. The van der Waals surface area contributed by atoms with Crippen LogP contribution in [0.2, 0.25) is 0 Å². The molecule has 110 valence electrons. The third-order valence-corrected chi connectivity index (χ3v) is 2.51. The smallest absolute Gasteiger partial charge is 0.406 e. The van der Waals surface area contributed by atoms with Gasteiger partial charge in [0, 0.05) is 11.6 Å². The molecule has 0 aliphatic heterocycles. The first-order valence-corrected chi connectivity index (χ1v) is 5.62. The molecular formula is C14H7F5O2. The van der Waals surface area contributed by atoms with E-state index in [1.807, 2.05) is 0 Å². The van der Waals surface area contributed by atoms with Crippen molar-refractivity contribution in [3.05, 3.63) is 65.2 Å². The highest BCUT2D eigenvalue weighted by molar-refractivity contribution is 6.09. The Labute approximate surface area is 115 Å². The van der Waals surface area contributed by atoms with Gasteiger partial charge in [0.15, 0.2) is 5.78 Å². The highest BCUT2D eigenvalue weighted by Crippen LogP contribution is 2.24. The minimum Gasteiger partial charge on any atom is -0.406 e. The van der Waals surface area contributed by atoms with Gasteiger partial charge in [-0.25, -0.2) is 8.78 Å². The van der Waals surface area contributed by atoms with Crippen molar-refractivity contribution in [1.82, 2.24) is 0 Å². The molecule has 2 rings (SSSR count). The molecule has 2 nitrogen and oxygen atoms in total. The van der Waals surface area contributed by atoms with Crippen LogP contribution >= 0.6 is 0 Å². The molecule has 0 atom stereocenters. The average Bonchev–Trinajstić information content (AvgIpc) is 2.36. The second-order valence-corrected chi connectivity index (χ2v) is 4.03. The minimum absolute atomic E-state index is 0.206. The molecule has 2 aromatic rings. The van der Waals surface area contributed by atoms with Gasteiger partial charge in [0.2, 0.25) is 0 Å². The third kappa shape index (κ3) is 3.77. The molecular weight excluding hydrogens is 295 g/mol. The van der Waals surface area contributed by atoms with E-state index in [4.69, 9.17) is 0 Å². The van der Waals surface area contributed by atoms with Crippen LogP contribution in [0.1, 0.15) is 15.9 Å². The molecule has 0 spiro atoms. The molecule has 2 aromatic carbocycles. The molecule has 7 heteroatoms. The number of hydrogen-bond donors (Lipinski definition) is 0. The molecule has 0 unspecified atom stereocenters. The SMILES string of the molecule is O=C(c1cccc(OC(F)(F)F)c1)c1ccc(F)cc1F. The molecule has 0 N–H and O–H groups in total. The van der Waals surface area contributed by atoms with Crippen LogP contribution in [0.4, 0.5) is 22.0 Å². The number of carbonyl (C=O) groups excluding carboxylic acids is 1. The summed E-state index contributed by atoms with van der Waals surface area (Å²) in [5.74, 6) is -3.43. The highest BCUT2D eigenvalue weighted by atomic mass is 19.4. The number of carbonyl (C=O) groups is 1. The predicted molar refractivity (Wildman–Crippen MR) is 62.9 cm³/mol. The predicted octanol–water partition coefficient (Wildman–Crippen LogP) is 4.09. The van der Waals surface area contributed by atoms with Crippen LogP contribution in [0, 0.1) is 11.6 Å². The number of hydrogen-bond acceptors (Lipinski definition) is 2. The fourth-order valence-corrected chi connectivity index (χ4v) is 1.66. The first-order chi connectivity index (χ1) is 9.76. The second-order valence-electron chi connectivity index (χ2n) is 4.03. The van der Waals surface area contributed by atoms with Crippen molar-refractivity contribution in [3.8, 4) is 5.75 Å². The standard InChI is InChI=1S/C14H7F5O2/c15-9-4-5-11(12(16)7-9)13(20)8-2-1-3-10(6-8)21-14(17,18)19/h1-7H. The van der Waals surface area contributed by atoms with E-state index in [1.165, 1.54) is 6.07 Å². The molecule has 0 amide bonds. The number of alkyl halides is 3. The fourth-order valence-electron chi connectivity index (χ4n) is 1.66. The summed E-state index contributed by atoms with van der Waals surface area (Å²) in [5.41, 5.74) is -0.650. The van der Waals surface area contributed by atoms with E-state index >= 15 is 0 Å². The summed E-state index contributed by atoms with van der Waals surface area (Å²) in [4.78, 5) is 12.0. The Kier molecular flexibility index (Phi) is 3.93. The Morgan fingerprint density at radius 3 is 2.33 bits per heavy atom. The van der Waals surface area contributed by atoms with Crippen molar-refractivity contribution in [2.24, 2.45) is 0 Å². The molecule has 0 aliphatic carbocycles. The Balaban J connectivity index is 2.33. The van der Waals surface area contributed by atoms with Gasteiger partial charge in [-0.2, -0.15) is 0 Å². The van der Waals surface area contributed by atoms with Gasteiger partial charge in [-0.15, -0.1) is 13.2 Å². The first kappa shape index (κ1) is 15.0. The van der Waals surface area contributed by atoms with Crippen LogP contribution in [0.3, 0.4) is 0 Å². The summed E-state index contributed by atoms with van der Waals surface area (Å²) < 4.78 is 66.2. The van der Waals surface area contributed by atoms with E-state index in [1.54, 1.807) is 0 Å². The lowest BCUT2D eigenvalue weighted by molar-refractivity contribution is -0.274. The molecule has 0 fully saturated rings. The van der Waals surface area contributed by atoms with Crippen LogP contribution in [0.5, 0.6) is 5.75 Å². The zero-order valence-electron chi connectivity index (χ0n) is 10.2. The van der Waals surface area contributed by atoms with Crippen molar-refractivity contribution < 1.29 is 31.5 Å². The van der Waals surface area contributed by atoms with Gasteiger partial charge < -0.3 is 4.74 Å². The molecule has 0 radical (unpaired) electrons. The lowest BCUT2D eigenvalue weighted by atomic mass is 10.0. The Bertz CT molecular complexity index is 679. The van der Waals surface area contributed by atoms with E-state index in [2.05, 4.69) is 4.74 Å². The van der Waals surface area contributed by atoms with Crippen LogP contribution in [0.25, 0.3) is 0 Å². The third-order valence-electron chi connectivity index (χ3n) is 2.51. The second kappa shape index (κ2) is 5.51. The normalized spacial score (nSPS) is 11.3. The maximum Gasteiger partial charge on any atom is 0.573 e. The molecule has 0 saturated carbocycles. The molecule has 0 saturated heterocycles. The van der Waals surface area contributed by atoms with E-state index in [0.29, 0.717) is 6.07 Å². The molecule has 21 heavy (non-hydrogen) atoms. The summed E-state index contributed by atoms with van der Waals surface area (Å²) in [6.45, 7) is 0. The van der Waals surface area contributed by atoms with Gasteiger partial charge in [0.25, 0.3) is 0 Å². The molecule has 0 aromatic heterocycles. The first-order valence-electron chi connectivity index (χ1n) is 5.62. The maximum atomic E-state index is 13.5. The molecule has 0 heterocycles. The Hall–Kier alpha value is -2.44. The van der Waals surface area contributed by atoms with E-state index in [-0.39, 0.29) is 5.56 Å². The number of halogens is 5. The van der Waals surface area contributed by atoms with Gasteiger partial charge in [-0.1, -0.05) is 12.1 Å². The highest BCUT2D eigenvalue weighted by Gasteiger charge is 2.31. The summed E-state index contributed by atoms with van der Waals surface area (Å²) in [6, 6.07) is 6.52. The van der Waals surface area contributed by atoms with Crippen LogP contribution in [0.15, 0.2) is 42.5 Å². The zero-order valence-corrected chi connectivity index (χ0v) is 10.2. The number of rotatable bonds is 3. The van der Waals surface area contributed by atoms with Crippen molar-refractivity contribution in [2.75, 3.05) is 0 Å². The fraction of sp³-hybridized carbons (Fsp3) is 0.0714. The quantitative estimate of drug-likeness (QED) is 0.630. The number of ketones is 1. The van der Waals surface area contributed by atoms with E-state index in [9.17, 15) is 26.7 Å². The van der Waals surface area contributed by atoms with Crippen molar-refractivity contribution >= 4 is 5.78 Å². The summed E-state index contributed by atoms with van der Waals surface area (Å²) in [5, 5.41) is 0. The van der Waals surface area contributed by atoms with Crippen molar-refractivity contribution in [2.45, 2.75) is 6.36 Å². The van der Waals surface area contributed by atoms with Gasteiger partial charge in [0.05, 0.1) is 5.56 Å². The van der Waals surface area contributed by atoms with Crippen LogP contribution in [-0.4, -0.2) is 12.1 Å². The van der Waals surface area contributed by atoms with Crippen molar-refractivity contribution in [3.63, 3.8) is 0 Å². The summed E-state index contributed by atoms with van der Waals surface area (Å²) in [6.07, 6.45) is -4.90. The van der Waals surface area contributed by atoms with Gasteiger partial charge in [-0.3, -0.25) is 4.79 Å². The molecule has 0 bridgehead atoms. The Morgan fingerprint density at radius 2 is 1.71 bits per heavy atom. The zero-order chi connectivity index (χ0) is 15.6. The monoisotopic (exact) mass is 302 g/mol. The van der Waals surface area contributed by atoms with Crippen molar-refractivity contribution in [1.29, 1.82) is 0 Å². The van der Waals surface area contributed by atoms with Gasteiger partial charge in [0.1, 0.15) is 17.4 Å². The summed E-state index contributed by atoms with van der Waals surface area (Å²) in [7, 11) is 0. The van der Waals surface area contributed by atoms with Gasteiger partial charge >= 0.3 is 6.36 Å². The lowest BCUT2D eigenvalue weighted by Gasteiger charge is -2.10. The Morgan fingerprint density at radius 1 is 1.00 bits per heavy atom. The summed E-state index contributed by atoms with van der Waals surface area (Å²) >= 11 is 0. The lowest BCUT2D eigenvalue weighted by Crippen LogP contribution is -2.17. The minimum atomic E-state index is -4.90. The number of ether oxygens (including phenoxy) is 1. The van der Waals surface area contributed by atoms with Crippen LogP contribution in [-0.2, 0) is 0 Å². The van der Waals surface area contributed by atoms with Crippen LogP contribution < -0.4 is 4.74 Å². The molecule has 0 aliphatic rings. The largest absolute Gasteiger partial charge is 0.573 e.